The Kier molecular flexibility index (Phi) is 4.44. The summed E-state index contributed by atoms with van der Waals surface area (Å²) in [5.74, 6) is 0. The van der Waals surface area contributed by atoms with Crippen LogP contribution in [0.4, 0.5) is 13.2 Å². The molecule has 1 atom stereocenters. The molecule has 21 heavy (non-hydrogen) atoms. The average Bonchev–Trinajstić information content (AvgIpc) is 2.39. The van der Waals surface area contributed by atoms with E-state index in [2.05, 4.69) is 15.9 Å². The number of aliphatic hydroxyl groups excluding tert-OH is 1. The highest BCUT2D eigenvalue weighted by Crippen LogP contribution is 2.35. The van der Waals surface area contributed by atoms with Crippen LogP contribution in [-0.4, -0.2) is 5.11 Å². The van der Waals surface area contributed by atoms with Gasteiger partial charge in [0, 0.05) is 4.47 Å². The minimum absolute atomic E-state index is 0.408. The zero-order valence-electron chi connectivity index (χ0n) is 11.5. The quantitative estimate of drug-likeness (QED) is 0.785. The van der Waals surface area contributed by atoms with E-state index in [0.717, 1.165) is 22.2 Å². The van der Waals surface area contributed by atoms with Crippen LogP contribution < -0.4 is 0 Å². The molecule has 0 fully saturated rings. The maximum absolute atomic E-state index is 12.7. The van der Waals surface area contributed by atoms with Gasteiger partial charge in [-0.05, 0) is 48.7 Å². The maximum Gasteiger partial charge on any atom is 0.416 e. The summed E-state index contributed by atoms with van der Waals surface area (Å²) in [4.78, 5) is 0. The van der Waals surface area contributed by atoms with E-state index >= 15 is 0 Å². The Hall–Kier alpha value is -1.33. The van der Waals surface area contributed by atoms with Crippen LogP contribution in [-0.2, 0) is 6.18 Å². The molecule has 2 aromatic carbocycles. The highest BCUT2D eigenvalue weighted by Gasteiger charge is 2.31. The van der Waals surface area contributed by atoms with Crippen molar-refractivity contribution in [3.63, 3.8) is 0 Å². The maximum atomic E-state index is 12.7. The lowest BCUT2D eigenvalue weighted by atomic mass is 9.95. The first-order chi connectivity index (χ1) is 9.70. The lowest BCUT2D eigenvalue weighted by Crippen LogP contribution is -2.08. The molecule has 0 aliphatic carbocycles. The smallest absolute Gasteiger partial charge is 0.384 e. The molecule has 0 bridgehead atoms. The molecule has 5 heteroatoms. The van der Waals surface area contributed by atoms with Crippen molar-refractivity contribution >= 4 is 15.9 Å². The van der Waals surface area contributed by atoms with Crippen molar-refractivity contribution in [1.82, 2.24) is 0 Å². The molecule has 1 unspecified atom stereocenters. The molecule has 1 nitrogen and oxygen atoms in total. The van der Waals surface area contributed by atoms with Gasteiger partial charge in [-0.15, -0.1) is 0 Å². The second kappa shape index (κ2) is 5.81. The fourth-order valence-electron chi connectivity index (χ4n) is 2.20. The molecule has 0 saturated heterocycles. The van der Waals surface area contributed by atoms with Crippen molar-refractivity contribution < 1.29 is 18.3 Å². The second-order valence-electron chi connectivity index (χ2n) is 5.00. The van der Waals surface area contributed by atoms with E-state index < -0.39 is 17.8 Å². The first-order valence-corrected chi connectivity index (χ1v) is 7.11. The molecule has 112 valence electrons. The minimum atomic E-state index is -4.38. The van der Waals surface area contributed by atoms with Gasteiger partial charge in [0.15, 0.2) is 0 Å². The van der Waals surface area contributed by atoms with Crippen LogP contribution in [0.2, 0.25) is 0 Å². The number of halogens is 4. The highest BCUT2D eigenvalue weighted by molar-refractivity contribution is 9.10. The summed E-state index contributed by atoms with van der Waals surface area (Å²) in [6.45, 7) is 3.46. The van der Waals surface area contributed by atoms with Gasteiger partial charge in [-0.25, -0.2) is 0 Å². The molecular weight excluding hydrogens is 345 g/mol. The van der Waals surface area contributed by atoms with Crippen LogP contribution in [0.15, 0.2) is 40.9 Å². The fraction of sp³-hybridized carbons (Fsp3) is 0.250. The van der Waals surface area contributed by atoms with Crippen LogP contribution in [0.1, 0.15) is 33.9 Å². The number of aliphatic hydroxyl groups is 1. The Bertz CT molecular complexity index is 665. The van der Waals surface area contributed by atoms with Crippen LogP contribution in [0.3, 0.4) is 0 Å². The van der Waals surface area contributed by atoms with E-state index in [1.54, 1.807) is 6.92 Å². The third-order valence-electron chi connectivity index (χ3n) is 3.34. The van der Waals surface area contributed by atoms with Gasteiger partial charge in [0.05, 0.1) is 5.56 Å². The van der Waals surface area contributed by atoms with E-state index in [1.165, 1.54) is 6.07 Å². The normalized spacial score (nSPS) is 13.3. The molecule has 0 spiro atoms. The monoisotopic (exact) mass is 358 g/mol. The van der Waals surface area contributed by atoms with Gasteiger partial charge in [-0.2, -0.15) is 13.2 Å². The van der Waals surface area contributed by atoms with Gasteiger partial charge in [-0.3, -0.25) is 0 Å². The number of alkyl halides is 3. The Labute approximate surface area is 129 Å². The number of hydrogen-bond acceptors (Lipinski definition) is 1. The zero-order chi connectivity index (χ0) is 15.8. The van der Waals surface area contributed by atoms with Crippen LogP contribution >= 0.6 is 15.9 Å². The summed E-state index contributed by atoms with van der Waals surface area (Å²) < 4.78 is 38.7. The molecule has 0 aliphatic rings. The van der Waals surface area contributed by atoms with E-state index in [1.807, 2.05) is 25.1 Å². The van der Waals surface area contributed by atoms with Crippen LogP contribution in [0, 0.1) is 13.8 Å². The van der Waals surface area contributed by atoms with Gasteiger partial charge in [0.25, 0.3) is 0 Å². The van der Waals surface area contributed by atoms with Crippen molar-refractivity contribution in [3.8, 4) is 0 Å². The Balaban J connectivity index is 2.44. The van der Waals surface area contributed by atoms with Crippen molar-refractivity contribution in [3.05, 3.63) is 68.7 Å². The van der Waals surface area contributed by atoms with Crippen LogP contribution in [0.5, 0.6) is 0 Å². The summed E-state index contributed by atoms with van der Waals surface area (Å²) >= 11 is 3.36. The van der Waals surface area contributed by atoms with E-state index in [-0.39, 0.29) is 0 Å². The summed E-state index contributed by atoms with van der Waals surface area (Å²) in [5.41, 5.74) is 1.77. The van der Waals surface area contributed by atoms with Crippen molar-refractivity contribution in [2.24, 2.45) is 0 Å². The third-order valence-corrected chi connectivity index (χ3v) is 4.06. The average molecular weight is 359 g/mol. The van der Waals surface area contributed by atoms with Gasteiger partial charge < -0.3 is 5.11 Å². The Morgan fingerprint density at radius 2 is 1.67 bits per heavy atom. The minimum Gasteiger partial charge on any atom is -0.384 e. The lowest BCUT2D eigenvalue weighted by Gasteiger charge is -2.18. The van der Waals surface area contributed by atoms with Crippen molar-refractivity contribution in [1.29, 1.82) is 0 Å². The van der Waals surface area contributed by atoms with Crippen LogP contribution in [0.25, 0.3) is 0 Å². The SMILES string of the molecule is Cc1ccc(Br)c(C(O)c2ccc(C(F)(F)F)cc2C)c1. The summed E-state index contributed by atoms with van der Waals surface area (Å²) in [5, 5.41) is 10.5. The van der Waals surface area contributed by atoms with Gasteiger partial charge >= 0.3 is 6.18 Å². The Morgan fingerprint density at radius 3 is 2.24 bits per heavy atom. The van der Waals surface area contributed by atoms with Crippen molar-refractivity contribution in [2.75, 3.05) is 0 Å². The van der Waals surface area contributed by atoms with E-state index in [9.17, 15) is 18.3 Å². The molecule has 1 N–H and O–H groups in total. The third kappa shape index (κ3) is 3.47. The number of rotatable bonds is 2. The number of benzene rings is 2. The molecule has 0 saturated carbocycles. The van der Waals surface area contributed by atoms with Crippen molar-refractivity contribution in [2.45, 2.75) is 26.1 Å². The van der Waals surface area contributed by atoms with Gasteiger partial charge in [-0.1, -0.05) is 39.7 Å². The summed E-state index contributed by atoms with van der Waals surface area (Å²) in [6.07, 6.45) is -5.35. The lowest BCUT2D eigenvalue weighted by molar-refractivity contribution is -0.137. The highest BCUT2D eigenvalue weighted by atomic mass is 79.9. The molecule has 0 amide bonds. The summed E-state index contributed by atoms with van der Waals surface area (Å²) in [6, 6.07) is 8.90. The molecular formula is C16H14BrF3O. The summed E-state index contributed by atoms with van der Waals surface area (Å²) in [7, 11) is 0. The largest absolute Gasteiger partial charge is 0.416 e. The number of aryl methyl sites for hydroxylation is 2. The molecule has 2 rings (SSSR count). The molecule has 0 radical (unpaired) electrons. The molecule has 0 heterocycles. The molecule has 0 aliphatic heterocycles. The zero-order valence-corrected chi connectivity index (χ0v) is 13.1. The molecule has 0 aromatic heterocycles. The first kappa shape index (κ1) is 16.0. The number of hydrogen-bond donors (Lipinski definition) is 1. The topological polar surface area (TPSA) is 20.2 Å². The predicted octanol–water partition coefficient (Wildman–Crippen LogP) is 5.17. The standard InChI is InChI=1S/C16H14BrF3O/c1-9-3-6-14(17)13(7-9)15(21)12-5-4-11(8-10(12)2)16(18,19)20/h3-8,15,21H,1-2H3. The van der Waals surface area contributed by atoms with E-state index in [0.29, 0.717) is 16.7 Å². The second-order valence-corrected chi connectivity index (χ2v) is 5.85. The fourth-order valence-corrected chi connectivity index (χ4v) is 2.66. The molecule has 2 aromatic rings. The van der Waals surface area contributed by atoms with Gasteiger partial charge in [0.2, 0.25) is 0 Å². The van der Waals surface area contributed by atoms with Gasteiger partial charge in [0.1, 0.15) is 6.10 Å². The predicted molar refractivity (Wildman–Crippen MR) is 79.1 cm³/mol. The Morgan fingerprint density at radius 1 is 1.00 bits per heavy atom. The first-order valence-electron chi connectivity index (χ1n) is 6.32. The van der Waals surface area contributed by atoms with E-state index in [4.69, 9.17) is 0 Å².